The smallest absolute Gasteiger partial charge is 0.227 e. The molecular formula is C26H31N7O. The number of imidazole rings is 1. The van der Waals surface area contributed by atoms with Crippen molar-refractivity contribution in [3.63, 3.8) is 0 Å². The van der Waals surface area contributed by atoms with E-state index in [4.69, 9.17) is 0 Å². The van der Waals surface area contributed by atoms with Crippen LogP contribution in [-0.4, -0.2) is 81.3 Å². The van der Waals surface area contributed by atoms with E-state index in [0.29, 0.717) is 6.54 Å². The molecule has 2 aromatic heterocycles. The number of anilines is 1. The molecule has 1 aromatic carbocycles. The van der Waals surface area contributed by atoms with Gasteiger partial charge in [0.2, 0.25) is 5.91 Å². The minimum absolute atomic E-state index is 0.0217. The van der Waals surface area contributed by atoms with Gasteiger partial charge in [-0.2, -0.15) is 0 Å². The summed E-state index contributed by atoms with van der Waals surface area (Å²) in [7, 11) is 0. The lowest BCUT2D eigenvalue weighted by molar-refractivity contribution is -0.137. The molecule has 34 heavy (non-hydrogen) atoms. The zero-order valence-corrected chi connectivity index (χ0v) is 19.4. The Labute approximate surface area is 200 Å². The third-order valence-electron chi connectivity index (χ3n) is 6.66. The van der Waals surface area contributed by atoms with Crippen molar-refractivity contribution < 1.29 is 4.79 Å². The fourth-order valence-corrected chi connectivity index (χ4v) is 4.72. The van der Waals surface area contributed by atoms with Gasteiger partial charge in [-0.3, -0.25) is 14.3 Å². The molecule has 1 amide bonds. The zero-order chi connectivity index (χ0) is 23.2. The van der Waals surface area contributed by atoms with Crippen LogP contribution in [-0.2, 0) is 4.79 Å². The second-order valence-corrected chi connectivity index (χ2v) is 8.94. The summed E-state index contributed by atoms with van der Waals surface area (Å²) >= 11 is 0. The number of amides is 1. The van der Waals surface area contributed by atoms with E-state index in [1.54, 1.807) is 12.5 Å². The molecule has 8 heteroatoms. The topological polar surface area (TPSA) is 70.4 Å². The second-order valence-electron chi connectivity index (χ2n) is 8.94. The van der Waals surface area contributed by atoms with Crippen LogP contribution in [0.15, 0.2) is 67.3 Å². The molecular weight excluding hydrogens is 426 g/mol. The SMILES string of the molecule is O=C(C1CCCN(c2ccc(-n3ccnc3)nn2)C1)N1CCN(C/C=C/c2ccccc2)CC1. The summed E-state index contributed by atoms with van der Waals surface area (Å²) in [5.41, 5.74) is 1.22. The number of carbonyl (C=O) groups excluding carboxylic acids is 1. The molecule has 0 radical (unpaired) electrons. The van der Waals surface area contributed by atoms with E-state index in [-0.39, 0.29) is 11.8 Å². The van der Waals surface area contributed by atoms with E-state index in [2.05, 4.69) is 66.3 Å². The number of nitrogens with zero attached hydrogens (tertiary/aromatic N) is 7. The molecule has 0 N–H and O–H groups in total. The van der Waals surface area contributed by atoms with Crippen molar-refractivity contribution in [2.45, 2.75) is 12.8 Å². The molecule has 0 saturated carbocycles. The van der Waals surface area contributed by atoms with Crippen LogP contribution in [0.3, 0.4) is 0 Å². The monoisotopic (exact) mass is 457 g/mol. The number of piperidine rings is 1. The fraction of sp³-hybridized carbons (Fsp3) is 0.385. The Morgan fingerprint density at radius 3 is 2.50 bits per heavy atom. The van der Waals surface area contributed by atoms with Crippen molar-refractivity contribution in [2.75, 3.05) is 50.7 Å². The molecule has 176 valence electrons. The van der Waals surface area contributed by atoms with E-state index in [0.717, 1.165) is 63.7 Å². The first-order valence-corrected chi connectivity index (χ1v) is 12.1. The van der Waals surface area contributed by atoms with E-state index >= 15 is 0 Å². The number of piperazine rings is 1. The average Bonchev–Trinajstić information content (AvgIpc) is 3.45. The van der Waals surface area contributed by atoms with Crippen LogP contribution >= 0.6 is 0 Å². The van der Waals surface area contributed by atoms with Gasteiger partial charge >= 0.3 is 0 Å². The lowest BCUT2D eigenvalue weighted by Crippen LogP contribution is -2.52. The van der Waals surface area contributed by atoms with Crippen molar-refractivity contribution >= 4 is 17.8 Å². The number of carbonyl (C=O) groups is 1. The molecule has 2 aliphatic heterocycles. The third kappa shape index (κ3) is 5.34. The van der Waals surface area contributed by atoms with E-state index in [1.807, 2.05) is 29.0 Å². The molecule has 0 aliphatic carbocycles. The summed E-state index contributed by atoms with van der Waals surface area (Å²) in [4.78, 5) is 24.0. The van der Waals surface area contributed by atoms with E-state index in [1.165, 1.54) is 5.56 Å². The average molecular weight is 458 g/mol. The van der Waals surface area contributed by atoms with Crippen LogP contribution < -0.4 is 4.90 Å². The summed E-state index contributed by atoms with van der Waals surface area (Å²) in [5, 5.41) is 8.75. The standard InChI is InChI=1S/C26H31N7O/c34-26(31-18-16-30(17-19-31)13-4-8-22-6-2-1-3-7-22)23-9-5-14-32(20-23)24-10-11-25(29-28-24)33-15-12-27-21-33/h1-4,6-8,10-12,15,21,23H,5,9,13-14,16-20H2/b8-4+. The molecule has 2 aliphatic rings. The minimum Gasteiger partial charge on any atom is -0.354 e. The number of hydrogen-bond donors (Lipinski definition) is 0. The van der Waals surface area contributed by atoms with Gasteiger partial charge in [-0.25, -0.2) is 4.98 Å². The first-order chi connectivity index (χ1) is 16.8. The van der Waals surface area contributed by atoms with Gasteiger partial charge in [0.05, 0.1) is 5.92 Å². The van der Waals surface area contributed by atoms with Gasteiger partial charge in [-0.1, -0.05) is 42.5 Å². The Hall–Kier alpha value is -3.52. The van der Waals surface area contributed by atoms with Gasteiger partial charge in [0.15, 0.2) is 11.6 Å². The normalized spacial score (nSPS) is 19.6. The van der Waals surface area contributed by atoms with Crippen molar-refractivity contribution in [1.29, 1.82) is 0 Å². The van der Waals surface area contributed by atoms with E-state index < -0.39 is 0 Å². The van der Waals surface area contributed by atoms with Crippen molar-refractivity contribution in [1.82, 2.24) is 29.5 Å². The molecule has 1 unspecified atom stereocenters. The molecule has 8 nitrogen and oxygen atoms in total. The predicted molar refractivity (Wildman–Crippen MR) is 133 cm³/mol. The van der Waals surface area contributed by atoms with Crippen molar-refractivity contribution in [3.8, 4) is 5.82 Å². The maximum atomic E-state index is 13.3. The van der Waals surface area contributed by atoms with Crippen LogP contribution in [0.5, 0.6) is 0 Å². The molecule has 2 saturated heterocycles. The van der Waals surface area contributed by atoms with Gasteiger partial charge in [-0.15, -0.1) is 10.2 Å². The van der Waals surface area contributed by atoms with Crippen LogP contribution in [0, 0.1) is 5.92 Å². The number of benzene rings is 1. The highest BCUT2D eigenvalue weighted by molar-refractivity contribution is 5.80. The Balaban J connectivity index is 1.11. The summed E-state index contributed by atoms with van der Waals surface area (Å²) in [6, 6.07) is 14.3. The Morgan fingerprint density at radius 2 is 1.76 bits per heavy atom. The first kappa shape index (κ1) is 22.3. The maximum Gasteiger partial charge on any atom is 0.227 e. The number of aromatic nitrogens is 4. The zero-order valence-electron chi connectivity index (χ0n) is 19.4. The van der Waals surface area contributed by atoms with Crippen LogP contribution in [0.25, 0.3) is 11.9 Å². The highest BCUT2D eigenvalue weighted by Gasteiger charge is 2.31. The summed E-state index contributed by atoms with van der Waals surface area (Å²) in [6.45, 7) is 5.97. The number of hydrogen-bond acceptors (Lipinski definition) is 6. The quantitative estimate of drug-likeness (QED) is 0.567. The summed E-state index contributed by atoms with van der Waals surface area (Å²) in [5.74, 6) is 1.87. The molecule has 1 atom stereocenters. The summed E-state index contributed by atoms with van der Waals surface area (Å²) in [6.07, 6.45) is 11.6. The Kier molecular flexibility index (Phi) is 6.95. The lowest BCUT2D eigenvalue weighted by Gasteiger charge is -2.39. The minimum atomic E-state index is 0.0217. The number of rotatable bonds is 6. The third-order valence-corrected chi connectivity index (χ3v) is 6.66. The van der Waals surface area contributed by atoms with Crippen LogP contribution in [0.4, 0.5) is 5.82 Å². The molecule has 4 heterocycles. The van der Waals surface area contributed by atoms with Crippen LogP contribution in [0.2, 0.25) is 0 Å². The maximum absolute atomic E-state index is 13.3. The second kappa shape index (κ2) is 10.6. The molecule has 0 bridgehead atoms. The van der Waals surface area contributed by atoms with Crippen molar-refractivity contribution in [3.05, 3.63) is 72.8 Å². The van der Waals surface area contributed by atoms with Gasteiger partial charge in [0, 0.05) is 58.2 Å². The van der Waals surface area contributed by atoms with Gasteiger partial charge in [-0.05, 0) is 30.5 Å². The molecule has 2 fully saturated rings. The predicted octanol–water partition coefficient (Wildman–Crippen LogP) is 2.74. The van der Waals surface area contributed by atoms with Crippen molar-refractivity contribution in [2.24, 2.45) is 5.92 Å². The first-order valence-electron chi connectivity index (χ1n) is 12.1. The summed E-state index contributed by atoms with van der Waals surface area (Å²) < 4.78 is 1.83. The molecule has 5 rings (SSSR count). The van der Waals surface area contributed by atoms with Gasteiger partial charge in [0.1, 0.15) is 6.33 Å². The largest absolute Gasteiger partial charge is 0.354 e. The highest BCUT2D eigenvalue weighted by atomic mass is 16.2. The Bertz CT molecular complexity index is 1070. The fourth-order valence-electron chi connectivity index (χ4n) is 4.72. The molecule has 3 aromatic rings. The van der Waals surface area contributed by atoms with Gasteiger partial charge < -0.3 is 9.80 Å². The Morgan fingerprint density at radius 1 is 0.971 bits per heavy atom. The van der Waals surface area contributed by atoms with Gasteiger partial charge in [0.25, 0.3) is 0 Å². The lowest BCUT2D eigenvalue weighted by atomic mass is 9.96. The van der Waals surface area contributed by atoms with Crippen LogP contribution in [0.1, 0.15) is 18.4 Å². The highest BCUT2D eigenvalue weighted by Crippen LogP contribution is 2.24. The van der Waals surface area contributed by atoms with E-state index in [9.17, 15) is 4.79 Å². The molecule has 0 spiro atoms.